The van der Waals surface area contributed by atoms with Crippen LogP contribution in [-0.4, -0.2) is 107 Å². The zero-order chi connectivity index (χ0) is 36.2. The Kier molecular flexibility index (Phi) is 10.8. The van der Waals surface area contributed by atoms with Crippen molar-refractivity contribution in [3.05, 3.63) is 88.2 Å². The first-order valence-electron chi connectivity index (χ1n) is 17.6. The molecule has 274 valence electrons. The first kappa shape index (κ1) is 35.9. The number of para-hydroxylation sites is 2. The van der Waals surface area contributed by atoms with E-state index in [4.69, 9.17) is 42.4 Å². The van der Waals surface area contributed by atoms with Gasteiger partial charge in [-0.2, -0.15) is 0 Å². The highest BCUT2D eigenvalue weighted by Gasteiger charge is 2.42. The Morgan fingerprint density at radius 1 is 0.865 bits per heavy atom. The second-order valence-corrected chi connectivity index (χ2v) is 14.3. The normalized spacial score (nSPS) is 18.2. The summed E-state index contributed by atoms with van der Waals surface area (Å²) in [5.74, 6) is 2.25. The summed E-state index contributed by atoms with van der Waals surface area (Å²) in [6, 6.07) is 17.7. The van der Waals surface area contributed by atoms with Gasteiger partial charge in [-0.25, -0.2) is 4.98 Å². The number of nitrogens with zero attached hydrogens (tertiary/aromatic N) is 8. The predicted molar refractivity (Wildman–Crippen MR) is 202 cm³/mol. The van der Waals surface area contributed by atoms with Crippen molar-refractivity contribution in [1.29, 1.82) is 0 Å². The van der Waals surface area contributed by atoms with Crippen molar-refractivity contribution in [2.45, 2.75) is 37.8 Å². The monoisotopic (exact) mass is 746 g/mol. The molecule has 2 aliphatic heterocycles. The highest BCUT2D eigenvalue weighted by molar-refractivity contribution is 6.42. The second kappa shape index (κ2) is 15.6. The summed E-state index contributed by atoms with van der Waals surface area (Å²) in [6.45, 7) is 7.14. The number of hydrogen-bond acceptors (Lipinski definition) is 9. The van der Waals surface area contributed by atoms with E-state index in [1.807, 2.05) is 34.0 Å². The number of ether oxygens (including phenoxy) is 3. The number of rotatable bonds is 12. The number of aromatic nitrogens is 5. The fourth-order valence-corrected chi connectivity index (χ4v) is 7.99. The molecule has 0 spiro atoms. The van der Waals surface area contributed by atoms with E-state index in [-0.39, 0.29) is 11.3 Å². The van der Waals surface area contributed by atoms with E-state index in [9.17, 15) is 4.79 Å². The molecule has 3 aromatic carbocycles. The minimum absolute atomic E-state index is 0.0849. The SMILES string of the molecule is COc1cc(C(=O)N2CCC(CCN3CCCN(c4nc5ccccc5n4CCn4ccnn4)CC3)(c3ccc(Cl)c(Cl)c3)C2)cc(OC)c1OC. The minimum atomic E-state index is -0.300. The smallest absolute Gasteiger partial charge is 0.254 e. The summed E-state index contributed by atoms with van der Waals surface area (Å²) < 4.78 is 20.7. The zero-order valence-electron chi connectivity index (χ0n) is 29.8. The summed E-state index contributed by atoms with van der Waals surface area (Å²) in [6.07, 6.45) is 6.27. The summed E-state index contributed by atoms with van der Waals surface area (Å²) in [7, 11) is 4.65. The van der Waals surface area contributed by atoms with Crippen LogP contribution < -0.4 is 19.1 Å². The lowest BCUT2D eigenvalue weighted by Gasteiger charge is -2.33. The molecule has 14 heteroatoms. The third kappa shape index (κ3) is 7.24. The van der Waals surface area contributed by atoms with Crippen molar-refractivity contribution in [2.24, 2.45) is 0 Å². The van der Waals surface area contributed by atoms with Crippen LogP contribution in [0.1, 0.15) is 35.2 Å². The number of methoxy groups -OCH3 is 3. The van der Waals surface area contributed by atoms with Crippen molar-refractivity contribution in [2.75, 3.05) is 72.0 Å². The van der Waals surface area contributed by atoms with Crippen molar-refractivity contribution in [3.8, 4) is 17.2 Å². The van der Waals surface area contributed by atoms with E-state index in [1.165, 1.54) is 0 Å². The van der Waals surface area contributed by atoms with Crippen LogP contribution >= 0.6 is 23.2 Å². The first-order valence-corrected chi connectivity index (χ1v) is 18.4. The van der Waals surface area contributed by atoms with Gasteiger partial charge in [-0.1, -0.05) is 46.6 Å². The minimum Gasteiger partial charge on any atom is -0.493 e. The number of hydrogen-bond donors (Lipinski definition) is 0. The van der Waals surface area contributed by atoms with Gasteiger partial charge in [-0.3, -0.25) is 9.48 Å². The molecular formula is C38H44Cl2N8O4. The van der Waals surface area contributed by atoms with E-state index in [0.29, 0.717) is 52.5 Å². The Hall–Kier alpha value is -4.52. The van der Waals surface area contributed by atoms with Crippen LogP contribution in [0.2, 0.25) is 10.0 Å². The van der Waals surface area contributed by atoms with Crippen LogP contribution in [0.15, 0.2) is 67.0 Å². The molecule has 2 aliphatic rings. The van der Waals surface area contributed by atoms with Gasteiger partial charge in [0.15, 0.2) is 11.5 Å². The average Bonchev–Trinajstić information content (AvgIpc) is 3.90. The number of aryl methyl sites for hydroxylation is 2. The van der Waals surface area contributed by atoms with Crippen LogP contribution in [0.25, 0.3) is 11.0 Å². The Balaban J connectivity index is 1.08. The molecule has 1 amide bonds. The number of carbonyl (C=O) groups excluding carboxylic acids is 1. The largest absolute Gasteiger partial charge is 0.493 e. The fourth-order valence-electron chi connectivity index (χ4n) is 7.69. The van der Waals surface area contributed by atoms with Crippen LogP contribution in [-0.2, 0) is 18.5 Å². The molecule has 12 nitrogen and oxygen atoms in total. The quantitative estimate of drug-likeness (QED) is 0.151. The van der Waals surface area contributed by atoms with Gasteiger partial charge in [0.25, 0.3) is 5.91 Å². The Bertz CT molecular complexity index is 2000. The number of carbonyl (C=O) groups is 1. The molecule has 0 N–H and O–H groups in total. The Labute approximate surface area is 313 Å². The molecule has 7 rings (SSSR count). The maximum atomic E-state index is 14.0. The van der Waals surface area contributed by atoms with E-state index < -0.39 is 0 Å². The maximum absolute atomic E-state index is 14.0. The van der Waals surface area contributed by atoms with Gasteiger partial charge < -0.3 is 33.5 Å². The standard InChI is InChI=1S/C38H44Cl2N8O4/c1-50-33-23-27(24-34(51-2)35(33)52-3)36(49)46-17-12-38(26-46,28-9-10-29(39)30(40)25-28)11-16-44-14-6-15-45(20-19-44)37-42-31-7-4-5-8-32(31)48(37)22-21-47-18-13-41-43-47/h4-5,7-10,13,18,23-25H,6,11-12,14-17,19-22,26H2,1-3H3. The maximum Gasteiger partial charge on any atom is 0.254 e. The van der Waals surface area contributed by atoms with E-state index >= 15 is 0 Å². The zero-order valence-corrected chi connectivity index (χ0v) is 31.3. The molecule has 2 saturated heterocycles. The predicted octanol–water partition coefficient (Wildman–Crippen LogP) is 6.05. The van der Waals surface area contributed by atoms with Crippen molar-refractivity contribution in [1.82, 2.24) is 34.3 Å². The molecule has 0 aliphatic carbocycles. The topological polar surface area (TPSA) is 103 Å². The summed E-state index contributed by atoms with van der Waals surface area (Å²) in [5.41, 5.74) is 3.40. The van der Waals surface area contributed by atoms with E-state index in [0.717, 1.165) is 81.1 Å². The number of halogens is 2. The molecule has 5 aromatic rings. The highest BCUT2D eigenvalue weighted by atomic mass is 35.5. The van der Waals surface area contributed by atoms with Crippen LogP contribution in [0.5, 0.6) is 17.2 Å². The van der Waals surface area contributed by atoms with Crippen LogP contribution in [0.4, 0.5) is 5.95 Å². The molecule has 52 heavy (non-hydrogen) atoms. The lowest BCUT2D eigenvalue weighted by molar-refractivity contribution is 0.0780. The molecule has 0 bridgehead atoms. The Morgan fingerprint density at radius 2 is 1.67 bits per heavy atom. The van der Waals surface area contributed by atoms with E-state index in [1.54, 1.807) is 39.7 Å². The molecule has 1 unspecified atom stereocenters. The Morgan fingerprint density at radius 3 is 2.40 bits per heavy atom. The number of amides is 1. The van der Waals surface area contributed by atoms with Crippen molar-refractivity contribution in [3.63, 3.8) is 0 Å². The van der Waals surface area contributed by atoms with Crippen molar-refractivity contribution >= 4 is 46.1 Å². The lowest BCUT2D eigenvalue weighted by Crippen LogP contribution is -2.39. The van der Waals surface area contributed by atoms with Gasteiger partial charge in [0.05, 0.1) is 55.1 Å². The third-order valence-electron chi connectivity index (χ3n) is 10.5. The van der Waals surface area contributed by atoms with Crippen LogP contribution in [0.3, 0.4) is 0 Å². The highest BCUT2D eigenvalue weighted by Crippen LogP contribution is 2.42. The summed E-state index contributed by atoms with van der Waals surface area (Å²) >= 11 is 13.0. The van der Waals surface area contributed by atoms with E-state index in [2.05, 4.69) is 48.9 Å². The molecule has 0 saturated carbocycles. The van der Waals surface area contributed by atoms with Crippen LogP contribution in [0, 0.1) is 0 Å². The van der Waals surface area contributed by atoms with Gasteiger partial charge in [-0.15, -0.1) is 5.10 Å². The lowest BCUT2D eigenvalue weighted by atomic mass is 9.76. The van der Waals surface area contributed by atoms with Gasteiger partial charge >= 0.3 is 0 Å². The molecular weight excluding hydrogens is 703 g/mol. The van der Waals surface area contributed by atoms with Gasteiger partial charge in [0, 0.05) is 56.4 Å². The molecule has 4 heterocycles. The molecule has 2 aromatic heterocycles. The fraction of sp³-hybridized carbons (Fsp3) is 0.421. The van der Waals surface area contributed by atoms with Gasteiger partial charge in [0.1, 0.15) is 0 Å². The average molecular weight is 748 g/mol. The number of likely N-dealkylation sites (tertiary alicyclic amines) is 1. The number of fused-ring (bicyclic) bond motifs is 1. The number of imidazole rings is 1. The van der Waals surface area contributed by atoms with Crippen molar-refractivity contribution < 1.29 is 19.0 Å². The number of anilines is 1. The molecule has 1 atom stereocenters. The first-order chi connectivity index (χ1) is 25.3. The third-order valence-corrected chi connectivity index (χ3v) is 11.3. The van der Waals surface area contributed by atoms with Gasteiger partial charge in [0.2, 0.25) is 11.7 Å². The summed E-state index contributed by atoms with van der Waals surface area (Å²) in [5, 5.41) is 9.17. The second-order valence-electron chi connectivity index (χ2n) is 13.5. The number of benzene rings is 3. The van der Waals surface area contributed by atoms with Gasteiger partial charge in [-0.05, 0) is 74.3 Å². The molecule has 0 radical (unpaired) electrons. The molecule has 2 fully saturated rings. The summed E-state index contributed by atoms with van der Waals surface area (Å²) in [4.78, 5) is 26.0.